The maximum atomic E-state index is 13.1. The van der Waals surface area contributed by atoms with Gasteiger partial charge in [-0.05, 0) is 47.4 Å². The second kappa shape index (κ2) is 12.0. The largest absolute Gasteiger partial charge is 0.499 e. The van der Waals surface area contributed by atoms with Gasteiger partial charge in [0.1, 0.15) is 12.1 Å². The molecular weight excluding hydrogens is 591 g/mol. The molecule has 0 bridgehead atoms. The second-order valence-electron chi connectivity index (χ2n) is 9.60. The van der Waals surface area contributed by atoms with Crippen molar-refractivity contribution >= 4 is 34.7 Å². The fourth-order valence-electron chi connectivity index (χ4n) is 4.11. The zero-order valence-corrected chi connectivity index (χ0v) is 23.5. The predicted molar refractivity (Wildman–Crippen MR) is 154 cm³/mol. The summed E-state index contributed by atoms with van der Waals surface area (Å²) in [5.74, 6) is 0.145. The van der Waals surface area contributed by atoms with Crippen LogP contribution < -0.4 is 9.64 Å². The van der Waals surface area contributed by atoms with E-state index in [1.165, 1.54) is 34.9 Å². The Morgan fingerprint density at radius 3 is 2.35 bits per heavy atom. The topological polar surface area (TPSA) is 85.0 Å². The van der Waals surface area contributed by atoms with Crippen molar-refractivity contribution in [2.75, 3.05) is 10.7 Å². The van der Waals surface area contributed by atoms with Crippen LogP contribution in [0.1, 0.15) is 30.9 Å². The number of para-hydroxylation sites is 1. The quantitative estimate of drug-likeness (QED) is 0.121. The van der Waals surface area contributed by atoms with E-state index >= 15 is 0 Å². The van der Waals surface area contributed by atoms with E-state index in [9.17, 15) is 26.7 Å². The van der Waals surface area contributed by atoms with E-state index < -0.39 is 18.0 Å². The maximum absolute atomic E-state index is 13.1. The number of carbonyl (C=O) groups excluding carboxylic acids is 1. The number of aromatic nitrogens is 3. The first-order valence-electron chi connectivity index (χ1n) is 12.8. The normalized spacial score (nSPS) is 15.3. The van der Waals surface area contributed by atoms with Crippen LogP contribution in [0.15, 0.2) is 89.3 Å². The number of benzene rings is 3. The number of ether oxygens (including phenoxy) is 1. The summed E-state index contributed by atoms with van der Waals surface area (Å²) in [7, 11) is 0. The molecular formula is C29H23F5N6O2S. The highest BCUT2D eigenvalue weighted by molar-refractivity contribution is 8.15. The van der Waals surface area contributed by atoms with Gasteiger partial charge in [-0.2, -0.15) is 27.1 Å². The molecule has 1 aliphatic heterocycles. The molecule has 0 unspecified atom stereocenters. The Morgan fingerprint density at radius 2 is 1.67 bits per heavy atom. The Labute approximate surface area is 246 Å². The van der Waals surface area contributed by atoms with E-state index in [4.69, 9.17) is 0 Å². The van der Waals surface area contributed by atoms with E-state index in [1.807, 2.05) is 24.3 Å². The maximum Gasteiger partial charge on any atom is 0.499 e. The molecule has 0 aliphatic carbocycles. The van der Waals surface area contributed by atoms with Crippen LogP contribution in [0.2, 0.25) is 0 Å². The second-order valence-corrected chi connectivity index (χ2v) is 10.5. The minimum atomic E-state index is -5.83. The van der Waals surface area contributed by atoms with Gasteiger partial charge in [-0.3, -0.25) is 9.69 Å². The molecule has 2 heterocycles. The van der Waals surface area contributed by atoms with Crippen molar-refractivity contribution in [1.29, 1.82) is 0 Å². The number of amidine groups is 1. The predicted octanol–water partition coefficient (Wildman–Crippen LogP) is 7.06. The third kappa shape index (κ3) is 6.58. The Bertz CT molecular complexity index is 1670. The Morgan fingerprint density at radius 1 is 0.977 bits per heavy atom. The highest BCUT2D eigenvalue weighted by Gasteiger charge is 2.61. The molecule has 14 heteroatoms. The van der Waals surface area contributed by atoms with E-state index in [0.717, 1.165) is 28.9 Å². The fraction of sp³-hybridized carbons (Fsp3) is 0.207. The zero-order valence-electron chi connectivity index (χ0n) is 22.7. The van der Waals surface area contributed by atoms with E-state index in [2.05, 4.69) is 38.9 Å². The number of carbonyl (C=O) groups is 1. The first-order valence-corrected chi connectivity index (χ1v) is 13.8. The Balaban J connectivity index is 1.26. The van der Waals surface area contributed by atoms with Crippen LogP contribution in [0.3, 0.4) is 0 Å². The average Bonchev–Trinajstić information content (AvgIpc) is 3.60. The minimum absolute atomic E-state index is 0.0596. The molecule has 0 spiro atoms. The van der Waals surface area contributed by atoms with Crippen molar-refractivity contribution in [2.45, 2.75) is 32.1 Å². The number of amides is 1. The molecule has 4 aromatic rings. The minimum Gasteiger partial charge on any atom is -0.426 e. The Kier molecular flexibility index (Phi) is 8.31. The summed E-state index contributed by atoms with van der Waals surface area (Å²) < 4.78 is 68.5. The lowest BCUT2D eigenvalue weighted by Crippen LogP contribution is -2.41. The number of thioether (sulfide) groups is 1. The van der Waals surface area contributed by atoms with Crippen LogP contribution >= 0.6 is 11.8 Å². The van der Waals surface area contributed by atoms with Crippen molar-refractivity contribution in [3.8, 4) is 22.8 Å². The van der Waals surface area contributed by atoms with Crippen LogP contribution in [0.4, 0.5) is 27.6 Å². The van der Waals surface area contributed by atoms with Gasteiger partial charge in [0.2, 0.25) is 5.91 Å². The van der Waals surface area contributed by atoms with E-state index in [0.29, 0.717) is 22.2 Å². The van der Waals surface area contributed by atoms with Crippen LogP contribution in [-0.2, 0) is 4.79 Å². The van der Waals surface area contributed by atoms with Crippen molar-refractivity contribution in [3.63, 3.8) is 0 Å². The van der Waals surface area contributed by atoms with Crippen LogP contribution in [0, 0.1) is 0 Å². The summed E-state index contributed by atoms with van der Waals surface area (Å²) in [6, 6.07) is 19.3. The number of halogens is 5. The first kappa shape index (κ1) is 29.9. The number of rotatable bonds is 8. The lowest BCUT2D eigenvalue weighted by molar-refractivity contribution is -0.360. The van der Waals surface area contributed by atoms with Gasteiger partial charge in [0, 0.05) is 5.56 Å². The van der Waals surface area contributed by atoms with Crippen LogP contribution in [-0.4, -0.2) is 50.1 Å². The molecule has 0 radical (unpaired) electrons. The SMILES string of the molecule is CC(C)c1ccccc1N1C(=O)CS/C1=N/N=Cc1ccc(-c2ncn(-c3ccc(OC(F)(F)C(F)(F)F)cc3)n2)cc1. The number of hydrogen-bond acceptors (Lipinski definition) is 7. The standard InChI is InChI=1S/C29H23F5N6O2S/c1-18(2)23-5-3-4-6-24(23)40-25(41)16-43-27(40)37-36-15-19-7-9-20(10-8-19)26-35-17-39(38-26)21-11-13-22(14-12-21)42-29(33,34)28(30,31)32/h3-15,17-18H,16H2,1-2H3/b36-15?,37-27+. The lowest BCUT2D eigenvalue weighted by atomic mass is 10.0. The van der Waals surface area contributed by atoms with Gasteiger partial charge >= 0.3 is 12.3 Å². The van der Waals surface area contributed by atoms with E-state index in [-0.39, 0.29) is 17.6 Å². The molecule has 0 saturated carbocycles. The highest BCUT2D eigenvalue weighted by Crippen LogP contribution is 2.37. The molecule has 3 aromatic carbocycles. The summed E-state index contributed by atoms with van der Waals surface area (Å²) in [5, 5.41) is 13.3. The molecule has 5 rings (SSSR count). The first-order chi connectivity index (χ1) is 20.4. The van der Waals surface area contributed by atoms with Gasteiger partial charge in [0.25, 0.3) is 0 Å². The van der Waals surface area contributed by atoms with Gasteiger partial charge in [0.15, 0.2) is 11.0 Å². The summed E-state index contributed by atoms with van der Waals surface area (Å²) in [4.78, 5) is 18.5. The molecule has 43 heavy (non-hydrogen) atoms. The smallest absolute Gasteiger partial charge is 0.426 e. The highest BCUT2D eigenvalue weighted by atomic mass is 32.2. The molecule has 8 nitrogen and oxygen atoms in total. The van der Waals surface area contributed by atoms with Gasteiger partial charge in [0.05, 0.1) is 23.3 Å². The van der Waals surface area contributed by atoms with Crippen molar-refractivity contribution < 1.29 is 31.5 Å². The summed E-state index contributed by atoms with van der Waals surface area (Å²) >= 11 is 1.32. The molecule has 0 atom stereocenters. The molecule has 222 valence electrons. The van der Waals surface area contributed by atoms with Gasteiger partial charge in [-0.25, -0.2) is 9.67 Å². The van der Waals surface area contributed by atoms with Gasteiger partial charge < -0.3 is 4.74 Å². The van der Waals surface area contributed by atoms with Crippen molar-refractivity contribution in [3.05, 3.63) is 90.3 Å². The third-order valence-electron chi connectivity index (χ3n) is 6.25. The molecule has 1 fully saturated rings. The molecule has 1 aliphatic rings. The lowest BCUT2D eigenvalue weighted by Gasteiger charge is -2.20. The molecule has 0 N–H and O–H groups in total. The van der Waals surface area contributed by atoms with Gasteiger partial charge in [-0.1, -0.05) is 68.1 Å². The number of nitrogens with zero attached hydrogens (tertiary/aromatic N) is 6. The van der Waals surface area contributed by atoms with Crippen LogP contribution in [0.25, 0.3) is 17.1 Å². The number of hydrogen-bond donors (Lipinski definition) is 0. The van der Waals surface area contributed by atoms with E-state index in [1.54, 1.807) is 35.4 Å². The summed E-state index contributed by atoms with van der Waals surface area (Å²) in [6.07, 6.45) is -8.21. The molecule has 1 amide bonds. The Hall–Kier alpha value is -4.59. The monoisotopic (exact) mass is 614 g/mol. The van der Waals surface area contributed by atoms with Gasteiger partial charge in [-0.15, -0.1) is 10.2 Å². The number of anilines is 1. The molecule has 1 aromatic heterocycles. The van der Waals surface area contributed by atoms with Crippen LogP contribution in [0.5, 0.6) is 5.75 Å². The number of alkyl halides is 5. The summed E-state index contributed by atoms with van der Waals surface area (Å²) in [5.41, 5.74) is 3.61. The van der Waals surface area contributed by atoms with Crippen molar-refractivity contribution in [1.82, 2.24) is 14.8 Å². The van der Waals surface area contributed by atoms with Crippen molar-refractivity contribution in [2.24, 2.45) is 10.2 Å². The summed E-state index contributed by atoms with van der Waals surface area (Å²) in [6.45, 7) is 4.13. The molecule has 1 saturated heterocycles. The average molecular weight is 615 g/mol. The fourth-order valence-corrected chi connectivity index (χ4v) is 4.92. The third-order valence-corrected chi connectivity index (χ3v) is 7.17. The zero-order chi connectivity index (χ0) is 30.8.